The van der Waals surface area contributed by atoms with Gasteiger partial charge in [0.15, 0.2) is 0 Å². The highest BCUT2D eigenvalue weighted by Crippen LogP contribution is 2.18. The Bertz CT molecular complexity index is 1190. The Balaban J connectivity index is 1.30. The van der Waals surface area contributed by atoms with E-state index in [2.05, 4.69) is 34.9 Å². The summed E-state index contributed by atoms with van der Waals surface area (Å²) < 4.78 is 12.9. The molecule has 4 aromatic carbocycles. The third kappa shape index (κ3) is 6.48. The standard InChI is InChI=1S/C28H26N2O2S/c31-28(30-25-9-5-2-6-10-25)24-13-17-27(18-14-24)33(32)26-15-11-23(12-16-26)21-29-20-19-22-7-3-1-4-8-22/h1-18,29H,19-21H2,(H,30,31). The van der Waals surface area contributed by atoms with Crippen molar-refractivity contribution in [3.63, 3.8) is 0 Å². The molecular weight excluding hydrogens is 428 g/mol. The largest absolute Gasteiger partial charge is 0.322 e. The highest BCUT2D eigenvalue weighted by atomic mass is 32.2. The molecule has 0 aliphatic heterocycles. The van der Waals surface area contributed by atoms with Gasteiger partial charge in [0.25, 0.3) is 5.91 Å². The zero-order chi connectivity index (χ0) is 22.9. The molecule has 33 heavy (non-hydrogen) atoms. The Morgan fingerprint density at radius 2 is 1.24 bits per heavy atom. The number of anilines is 1. The predicted molar refractivity (Wildman–Crippen MR) is 134 cm³/mol. The third-order valence-corrected chi connectivity index (χ3v) is 6.66. The van der Waals surface area contributed by atoms with Gasteiger partial charge in [-0.05, 0) is 72.6 Å². The average molecular weight is 455 g/mol. The summed E-state index contributed by atoms with van der Waals surface area (Å²) in [4.78, 5) is 13.8. The van der Waals surface area contributed by atoms with E-state index in [-0.39, 0.29) is 5.91 Å². The molecular formula is C28H26N2O2S. The number of para-hydroxylation sites is 1. The van der Waals surface area contributed by atoms with Crippen LogP contribution in [0.15, 0.2) is 119 Å². The number of hydrogen-bond acceptors (Lipinski definition) is 3. The lowest BCUT2D eigenvalue weighted by Gasteiger charge is -2.08. The first-order valence-corrected chi connectivity index (χ1v) is 12.1. The second-order valence-electron chi connectivity index (χ2n) is 7.67. The summed E-state index contributed by atoms with van der Waals surface area (Å²) in [6, 6.07) is 34.4. The summed E-state index contributed by atoms with van der Waals surface area (Å²) in [6.07, 6.45) is 0.988. The molecule has 4 nitrogen and oxygen atoms in total. The maximum absolute atomic E-state index is 12.9. The minimum absolute atomic E-state index is 0.192. The topological polar surface area (TPSA) is 58.2 Å². The molecule has 0 heterocycles. The van der Waals surface area contributed by atoms with Gasteiger partial charge in [0, 0.05) is 27.6 Å². The number of carbonyl (C=O) groups excluding carboxylic acids is 1. The van der Waals surface area contributed by atoms with Crippen LogP contribution in [0.1, 0.15) is 21.5 Å². The van der Waals surface area contributed by atoms with E-state index < -0.39 is 10.8 Å². The number of carbonyl (C=O) groups is 1. The van der Waals surface area contributed by atoms with Crippen molar-refractivity contribution in [1.82, 2.24) is 5.32 Å². The van der Waals surface area contributed by atoms with E-state index in [0.29, 0.717) is 10.5 Å². The van der Waals surface area contributed by atoms with Crippen LogP contribution in [0.3, 0.4) is 0 Å². The highest BCUT2D eigenvalue weighted by molar-refractivity contribution is 7.85. The monoisotopic (exact) mass is 454 g/mol. The molecule has 0 bridgehead atoms. The fourth-order valence-electron chi connectivity index (χ4n) is 3.43. The zero-order valence-electron chi connectivity index (χ0n) is 18.2. The van der Waals surface area contributed by atoms with E-state index in [1.807, 2.05) is 60.7 Å². The normalized spacial score (nSPS) is 11.6. The molecule has 0 saturated heterocycles. The van der Waals surface area contributed by atoms with E-state index in [1.54, 1.807) is 24.3 Å². The fourth-order valence-corrected chi connectivity index (χ4v) is 4.47. The van der Waals surface area contributed by atoms with Crippen LogP contribution in [0.5, 0.6) is 0 Å². The molecule has 0 fully saturated rings. The molecule has 0 aliphatic carbocycles. The van der Waals surface area contributed by atoms with Crippen molar-refractivity contribution in [2.24, 2.45) is 0 Å². The molecule has 4 aromatic rings. The van der Waals surface area contributed by atoms with Crippen LogP contribution in [0, 0.1) is 0 Å². The molecule has 0 radical (unpaired) electrons. The lowest BCUT2D eigenvalue weighted by molar-refractivity contribution is 0.102. The summed E-state index contributed by atoms with van der Waals surface area (Å²) in [7, 11) is -1.30. The average Bonchev–Trinajstić information content (AvgIpc) is 2.88. The van der Waals surface area contributed by atoms with Crippen molar-refractivity contribution in [3.05, 3.63) is 126 Å². The lowest BCUT2D eigenvalue weighted by Crippen LogP contribution is -2.16. The van der Waals surface area contributed by atoms with Crippen molar-refractivity contribution < 1.29 is 9.00 Å². The van der Waals surface area contributed by atoms with E-state index in [0.717, 1.165) is 35.7 Å². The van der Waals surface area contributed by atoms with Gasteiger partial charge in [-0.25, -0.2) is 4.21 Å². The highest BCUT2D eigenvalue weighted by Gasteiger charge is 2.10. The first-order valence-electron chi connectivity index (χ1n) is 10.9. The van der Waals surface area contributed by atoms with Gasteiger partial charge >= 0.3 is 0 Å². The van der Waals surface area contributed by atoms with Gasteiger partial charge in [-0.1, -0.05) is 60.7 Å². The maximum Gasteiger partial charge on any atom is 0.255 e. The molecule has 1 atom stereocenters. The molecule has 1 unspecified atom stereocenters. The van der Waals surface area contributed by atoms with Crippen LogP contribution >= 0.6 is 0 Å². The van der Waals surface area contributed by atoms with Crippen LogP contribution in [-0.4, -0.2) is 16.7 Å². The first-order chi connectivity index (χ1) is 16.2. The minimum Gasteiger partial charge on any atom is -0.322 e. The van der Waals surface area contributed by atoms with Crippen molar-refractivity contribution in [2.75, 3.05) is 11.9 Å². The summed E-state index contributed by atoms with van der Waals surface area (Å²) in [5.41, 5.74) is 3.73. The molecule has 0 aromatic heterocycles. The van der Waals surface area contributed by atoms with Crippen molar-refractivity contribution >= 4 is 22.4 Å². The number of rotatable bonds is 9. The number of hydrogen-bond donors (Lipinski definition) is 2. The molecule has 2 N–H and O–H groups in total. The van der Waals surface area contributed by atoms with Crippen molar-refractivity contribution in [2.45, 2.75) is 22.8 Å². The Morgan fingerprint density at radius 1 is 0.667 bits per heavy atom. The Labute approximate surface area is 197 Å². The van der Waals surface area contributed by atoms with Crippen LogP contribution in [0.25, 0.3) is 0 Å². The van der Waals surface area contributed by atoms with E-state index in [4.69, 9.17) is 0 Å². The minimum atomic E-state index is -1.30. The van der Waals surface area contributed by atoms with Gasteiger partial charge in [0.1, 0.15) is 0 Å². The smallest absolute Gasteiger partial charge is 0.255 e. The van der Waals surface area contributed by atoms with E-state index >= 15 is 0 Å². The van der Waals surface area contributed by atoms with Crippen LogP contribution < -0.4 is 10.6 Å². The summed E-state index contributed by atoms with van der Waals surface area (Å²) in [5.74, 6) is -0.192. The van der Waals surface area contributed by atoms with E-state index in [9.17, 15) is 9.00 Å². The number of nitrogens with one attached hydrogen (secondary N) is 2. The van der Waals surface area contributed by atoms with E-state index in [1.165, 1.54) is 5.56 Å². The second-order valence-corrected chi connectivity index (χ2v) is 9.15. The number of benzene rings is 4. The molecule has 166 valence electrons. The van der Waals surface area contributed by atoms with Crippen molar-refractivity contribution in [3.8, 4) is 0 Å². The fraction of sp³-hybridized carbons (Fsp3) is 0.107. The lowest BCUT2D eigenvalue weighted by atomic mass is 10.1. The van der Waals surface area contributed by atoms with Crippen LogP contribution in [-0.2, 0) is 23.8 Å². The molecule has 0 aliphatic rings. The van der Waals surface area contributed by atoms with Gasteiger partial charge in [0.2, 0.25) is 0 Å². The van der Waals surface area contributed by atoms with Gasteiger partial charge in [0.05, 0.1) is 10.8 Å². The summed E-state index contributed by atoms with van der Waals surface area (Å²) in [5, 5.41) is 6.31. The quantitative estimate of drug-likeness (QED) is 0.331. The van der Waals surface area contributed by atoms with Crippen LogP contribution in [0.4, 0.5) is 5.69 Å². The summed E-state index contributed by atoms with van der Waals surface area (Å²) in [6.45, 7) is 1.67. The Kier molecular flexibility index (Phi) is 7.80. The predicted octanol–water partition coefficient (Wildman–Crippen LogP) is 5.44. The Morgan fingerprint density at radius 3 is 1.88 bits per heavy atom. The molecule has 1 amide bonds. The first kappa shape index (κ1) is 22.6. The number of amides is 1. The zero-order valence-corrected chi connectivity index (χ0v) is 19.1. The molecule has 4 rings (SSSR count). The molecule has 0 spiro atoms. The molecule has 5 heteroatoms. The van der Waals surface area contributed by atoms with Gasteiger partial charge in [-0.3, -0.25) is 4.79 Å². The Hall–Kier alpha value is -3.54. The summed E-state index contributed by atoms with van der Waals surface area (Å²) >= 11 is 0. The third-order valence-electron chi connectivity index (χ3n) is 5.26. The second kappa shape index (κ2) is 11.4. The van der Waals surface area contributed by atoms with Gasteiger partial charge < -0.3 is 10.6 Å². The van der Waals surface area contributed by atoms with Crippen molar-refractivity contribution in [1.29, 1.82) is 0 Å². The molecule has 0 saturated carbocycles. The van der Waals surface area contributed by atoms with Crippen LogP contribution in [0.2, 0.25) is 0 Å². The van der Waals surface area contributed by atoms with Gasteiger partial charge in [-0.15, -0.1) is 0 Å². The van der Waals surface area contributed by atoms with Gasteiger partial charge in [-0.2, -0.15) is 0 Å². The maximum atomic E-state index is 12.9. The SMILES string of the molecule is O=C(Nc1ccccc1)c1ccc(S(=O)c2ccc(CNCCc3ccccc3)cc2)cc1.